The molecule has 1 N–H and O–H groups in total. The van der Waals surface area contributed by atoms with Crippen LogP contribution < -0.4 is 10.1 Å². The van der Waals surface area contributed by atoms with Crippen molar-refractivity contribution in [3.05, 3.63) is 64.1 Å². The van der Waals surface area contributed by atoms with Crippen molar-refractivity contribution in [2.75, 3.05) is 19.8 Å². The highest BCUT2D eigenvalue weighted by Crippen LogP contribution is 2.35. The Bertz CT molecular complexity index is 769. The fourth-order valence-electron chi connectivity index (χ4n) is 3.42. The first-order chi connectivity index (χ1) is 13.0. The van der Waals surface area contributed by atoms with Crippen molar-refractivity contribution >= 4 is 21.8 Å². The van der Waals surface area contributed by atoms with Gasteiger partial charge in [0.05, 0.1) is 0 Å². The van der Waals surface area contributed by atoms with E-state index in [-0.39, 0.29) is 11.3 Å². The number of rotatable bonds is 6. The van der Waals surface area contributed by atoms with Crippen molar-refractivity contribution in [1.82, 2.24) is 5.32 Å². The number of hydrogen-bond acceptors (Lipinski definition) is 3. The maximum atomic E-state index is 12.6. The second kappa shape index (κ2) is 8.89. The fraction of sp³-hybridized carbons (Fsp3) is 0.409. The number of carbonyl (C=O) groups is 1. The highest BCUT2D eigenvalue weighted by molar-refractivity contribution is 9.10. The van der Waals surface area contributed by atoms with E-state index in [9.17, 15) is 4.79 Å². The van der Waals surface area contributed by atoms with Gasteiger partial charge in [-0.2, -0.15) is 0 Å². The molecule has 144 valence electrons. The average Bonchev–Trinajstić information content (AvgIpc) is 2.68. The second-order valence-corrected chi connectivity index (χ2v) is 8.11. The number of hydrogen-bond donors (Lipinski definition) is 1. The number of aryl methyl sites for hydroxylation is 1. The molecule has 1 heterocycles. The Kier molecular flexibility index (Phi) is 6.55. The second-order valence-electron chi connectivity index (χ2n) is 7.19. The lowest BCUT2D eigenvalue weighted by atomic mass is 9.74. The molecule has 2 aromatic carbocycles. The largest absolute Gasteiger partial charge is 0.481 e. The molecule has 0 bridgehead atoms. The molecule has 1 atom stereocenters. The van der Waals surface area contributed by atoms with Crippen LogP contribution in [0.5, 0.6) is 5.75 Å². The minimum absolute atomic E-state index is 0.101. The zero-order valence-corrected chi connectivity index (χ0v) is 17.4. The molecule has 1 fully saturated rings. The number of nitrogens with one attached hydrogen (secondary N) is 1. The van der Waals surface area contributed by atoms with Gasteiger partial charge in [0.1, 0.15) is 5.75 Å². The van der Waals surface area contributed by atoms with Crippen molar-refractivity contribution in [3.8, 4) is 5.75 Å². The fourth-order valence-corrected chi connectivity index (χ4v) is 3.82. The monoisotopic (exact) mass is 431 g/mol. The summed E-state index contributed by atoms with van der Waals surface area (Å²) >= 11 is 3.56. The van der Waals surface area contributed by atoms with Gasteiger partial charge in [-0.1, -0.05) is 45.8 Å². The smallest absolute Gasteiger partial charge is 0.260 e. The van der Waals surface area contributed by atoms with E-state index >= 15 is 0 Å². The minimum atomic E-state index is -0.549. The summed E-state index contributed by atoms with van der Waals surface area (Å²) in [5.41, 5.74) is 2.28. The number of halogens is 1. The molecule has 2 aromatic rings. The van der Waals surface area contributed by atoms with Crippen LogP contribution in [0.2, 0.25) is 0 Å². The van der Waals surface area contributed by atoms with Gasteiger partial charge in [0, 0.05) is 29.6 Å². The van der Waals surface area contributed by atoms with E-state index in [1.807, 2.05) is 43.3 Å². The van der Waals surface area contributed by atoms with Crippen molar-refractivity contribution in [1.29, 1.82) is 0 Å². The Morgan fingerprint density at radius 1 is 1.22 bits per heavy atom. The molecule has 0 radical (unpaired) electrons. The lowest BCUT2D eigenvalue weighted by Gasteiger charge is -2.38. The van der Waals surface area contributed by atoms with Gasteiger partial charge in [0.15, 0.2) is 6.10 Å². The molecule has 27 heavy (non-hydrogen) atoms. The van der Waals surface area contributed by atoms with Crippen LogP contribution in [0.25, 0.3) is 0 Å². The normalized spacial score (nSPS) is 17.1. The van der Waals surface area contributed by atoms with Crippen LogP contribution >= 0.6 is 15.9 Å². The van der Waals surface area contributed by atoms with Crippen LogP contribution in [0.3, 0.4) is 0 Å². The first-order valence-corrected chi connectivity index (χ1v) is 10.1. The van der Waals surface area contributed by atoms with E-state index in [1.165, 1.54) is 5.56 Å². The number of carbonyl (C=O) groups excluding carboxylic acids is 1. The Balaban J connectivity index is 1.66. The lowest BCUT2D eigenvalue weighted by Crippen LogP contribution is -2.47. The number of amides is 1. The van der Waals surface area contributed by atoms with Gasteiger partial charge in [0.2, 0.25) is 0 Å². The van der Waals surface area contributed by atoms with Crippen molar-refractivity contribution < 1.29 is 14.3 Å². The molecule has 1 aliphatic rings. The predicted octanol–water partition coefficient (Wildman–Crippen LogP) is 4.39. The highest BCUT2D eigenvalue weighted by atomic mass is 79.9. The van der Waals surface area contributed by atoms with Crippen LogP contribution in [-0.4, -0.2) is 31.8 Å². The van der Waals surface area contributed by atoms with E-state index in [4.69, 9.17) is 9.47 Å². The summed E-state index contributed by atoms with van der Waals surface area (Å²) in [6.45, 7) is 5.79. The standard InChI is InChI=1S/C22H26BrNO3/c1-16-6-8-20(9-7-16)27-17(2)21(25)24-15-22(10-12-26-13-11-22)18-4-3-5-19(23)14-18/h3-9,14,17H,10-13,15H2,1-2H3,(H,24,25)/t17-/m1/s1. The lowest BCUT2D eigenvalue weighted by molar-refractivity contribution is -0.127. The maximum Gasteiger partial charge on any atom is 0.260 e. The van der Waals surface area contributed by atoms with E-state index in [0.717, 1.165) is 22.9 Å². The molecule has 0 aliphatic carbocycles. The summed E-state index contributed by atoms with van der Waals surface area (Å²) in [5, 5.41) is 3.11. The van der Waals surface area contributed by atoms with Gasteiger partial charge in [-0.15, -0.1) is 0 Å². The number of ether oxygens (including phenoxy) is 2. The Hall–Kier alpha value is -1.85. The summed E-state index contributed by atoms with van der Waals surface area (Å²) in [7, 11) is 0. The third-order valence-corrected chi connectivity index (χ3v) is 5.68. The van der Waals surface area contributed by atoms with E-state index < -0.39 is 6.10 Å². The van der Waals surface area contributed by atoms with Crippen LogP contribution in [-0.2, 0) is 14.9 Å². The molecular formula is C22H26BrNO3. The molecule has 3 rings (SSSR count). The predicted molar refractivity (Wildman–Crippen MR) is 110 cm³/mol. The molecule has 5 heteroatoms. The maximum absolute atomic E-state index is 12.6. The molecule has 1 saturated heterocycles. The van der Waals surface area contributed by atoms with E-state index in [1.54, 1.807) is 6.92 Å². The molecule has 1 aliphatic heterocycles. The van der Waals surface area contributed by atoms with Gasteiger partial charge >= 0.3 is 0 Å². The first-order valence-electron chi connectivity index (χ1n) is 9.33. The van der Waals surface area contributed by atoms with Gasteiger partial charge in [-0.25, -0.2) is 0 Å². The summed E-state index contributed by atoms with van der Waals surface area (Å²) in [6.07, 6.45) is 1.22. The SMILES string of the molecule is Cc1ccc(O[C@H](C)C(=O)NCC2(c3cccc(Br)c3)CCOCC2)cc1. The number of benzene rings is 2. The topological polar surface area (TPSA) is 47.6 Å². The third kappa shape index (κ3) is 5.11. The van der Waals surface area contributed by atoms with E-state index in [0.29, 0.717) is 25.5 Å². The molecule has 4 nitrogen and oxygen atoms in total. The average molecular weight is 432 g/mol. The highest BCUT2D eigenvalue weighted by Gasteiger charge is 2.35. The van der Waals surface area contributed by atoms with Crippen LogP contribution in [0.4, 0.5) is 0 Å². The summed E-state index contributed by atoms with van der Waals surface area (Å²) in [5.74, 6) is 0.604. The first kappa shape index (κ1) is 19.9. The molecule has 0 aromatic heterocycles. The summed E-state index contributed by atoms with van der Waals surface area (Å²) in [6, 6.07) is 16.1. The zero-order chi connectivity index (χ0) is 19.3. The zero-order valence-electron chi connectivity index (χ0n) is 15.8. The quantitative estimate of drug-likeness (QED) is 0.737. The molecule has 1 amide bonds. The third-order valence-electron chi connectivity index (χ3n) is 5.19. The molecule has 0 saturated carbocycles. The van der Waals surface area contributed by atoms with Crippen molar-refractivity contribution in [2.24, 2.45) is 0 Å². The van der Waals surface area contributed by atoms with Crippen LogP contribution in [0.1, 0.15) is 30.9 Å². The Labute approximate surface area is 169 Å². The van der Waals surface area contributed by atoms with Crippen molar-refractivity contribution in [2.45, 2.75) is 38.2 Å². The Morgan fingerprint density at radius 3 is 2.59 bits per heavy atom. The summed E-state index contributed by atoms with van der Waals surface area (Å²) < 4.78 is 12.4. The van der Waals surface area contributed by atoms with Crippen LogP contribution in [0, 0.1) is 6.92 Å². The molecule has 0 spiro atoms. The molecular weight excluding hydrogens is 406 g/mol. The molecule has 0 unspecified atom stereocenters. The van der Waals surface area contributed by atoms with Gasteiger partial charge in [-0.3, -0.25) is 4.79 Å². The Morgan fingerprint density at radius 2 is 1.93 bits per heavy atom. The van der Waals surface area contributed by atoms with Gasteiger partial charge in [-0.05, 0) is 56.5 Å². The van der Waals surface area contributed by atoms with Crippen LogP contribution in [0.15, 0.2) is 53.0 Å². The van der Waals surface area contributed by atoms with E-state index in [2.05, 4.69) is 33.4 Å². The van der Waals surface area contributed by atoms with Crippen molar-refractivity contribution in [3.63, 3.8) is 0 Å². The van der Waals surface area contributed by atoms with Gasteiger partial charge < -0.3 is 14.8 Å². The summed E-state index contributed by atoms with van der Waals surface area (Å²) in [4.78, 5) is 12.6. The minimum Gasteiger partial charge on any atom is -0.481 e. The van der Waals surface area contributed by atoms with Gasteiger partial charge in [0.25, 0.3) is 5.91 Å².